The molecule has 2 aliphatic carbocycles. The predicted octanol–water partition coefficient (Wildman–Crippen LogP) is 1.64. The Labute approximate surface area is 114 Å². The van der Waals surface area contributed by atoms with Gasteiger partial charge in [0, 0.05) is 25.1 Å². The Kier molecular flexibility index (Phi) is 3.58. The van der Waals surface area contributed by atoms with Gasteiger partial charge in [0.25, 0.3) is 0 Å². The van der Waals surface area contributed by atoms with E-state index in [4.69, 9.17) is 4.74 Å². The lowest BCUT2D eigenvalue weighted by Gasteiger charge is -2.54. The van der Waals surface area contributed by atoms with Crippen molar-refractivity contribution in [2.45, 2.75) is 57.7 Å². The number of hydrogen-bond acceptors (Lipinski definition) is 4. The summed E-state index contributed by atoms with van der Waals surface area (Å²) in [5.74, 6) is 1.01. The van der Waals surface area contributed by atoms with Gasteiger partial charge in [-0.25, -0.2) is 0 Å². The van der Waals surface area contributed by atoms with Crippen LogP contribution in [-0.4, -0.2) is 33.5 Å². The van der Waals surface area contributed by atoms with Crippen LogP contribution in [0.2, 0.25) is 0 Å². The molecule has 1 heterocycles. The summed E-state index contributed by atoms with van der Waals surface area (Å²) in [6.07, 6.45) is 8.70. The molecule has 0 amide bonds. The summed E-state index contributed by atoms with van der Waals surface area (Å²) in [6, 6.07) is 0.586. The van der Waals surface area contributed by atoms with Crippen molar-refractivity contribution in [3.8, 4) is 0 Å². The molecule has 0 radical (unpaired) electrons. The van der Waals surface area contributed by atoms with Crippen LogP contribution in [0.3, 0.4) is 0 Å². The zero-order chi connectivity index (χ0) is 13.3. The highest BCUT2D eigenvalue weighted by Crippen LogP contribution is 2.54. The van der Waals surface area contributed by atoms with Crippen LogP contribution in [0.4, 0.5) is 0 Å². The molecular weight excluding hydrogens is 240 g/mol. The average molecular weight is 264 g/mol. The van der Waals surface area contributed by atoms with Gasteiger partial charge < -0.3 is 14.6 Å². The molecule has 0 bridgehead atoms. The van der Waals surface area contributed by atoms with E-state index in [1.54, 1.807) is 6.33 Å². The quantitative estimate of drug-likeness (QED) is 0.878. The van der Waals surface area contributed by atoms with E-state index in [9.17, 15) is 0 Å². The smallest absolute Gasteiger partial charge is 0.146 e. The summed E-state index contributed by atoms with van der Waals surface area (Å²) in [4.78, 5) is 0. The van der Waals surface area contributed by atoms with E-state index in [-0.39, 0.29) is 0 Å². The van der Waals surface area contributed by atoms with Gasteiger partial charge in [-0.15, -0.1) is 10.2 Å². The molecular formula is C14H24N4O. The molecule has 2 saturated carbocycles. The van der Waals surface area contributed by atoms with Crippen molar-refractivity contribution >= 4 is 0 Å². The van der Waals surface area contributed by atoms with Gasteiger partial charge in [0.15, 0.2) is 0 Å². The second kappa shape index (κ2) is 5.21. The minimum atomic E-state index is 0.397. The fourth-order valence-corrected chi connectivity index (χ4v) is 3.85. The second-order valence-corrected chi connectivity index (χ2v) is 5.91. The molecule has 3 rings (SSSR count). The highest BCUT2D eigenvalue weighted by Gasteiger charge is 2.56. The van der Waals surface area contributed by atoms with Gasteiger partial charge >= 0.3 is 0 Å². The van der Waals surface area contributed by atoms with Crippen LogP contribution < -0.4 is 5.32 Å². The number of nitrogens with one attached hydrogen (secondary N) is 1. The number of ether oxygens (including phenoxy) is 1. The van der Waals surface area contributed by atoms with E-state index in [2.05, 4.69) is 22.4 Å². The standard InChI is InChI=1S/C14H24N4O/c1-3-19-12-8-11(14(12)6-4-5-7-14)15-9-13-17-16-10-18(13)2/h10-12,15H,3-9H2,1-2H3. The normalized spacial score (nSPS) is 28.7. The lowest BCUT2D eigenvalue weighted by atomic mass is 9.60. The molecule has 5 heteroatoms. The minimum absolute atomic E-state index is 0.397. The summed E-state index contributed by atoms with van der Waals surface area (Å²) in [7, 11) is 1.99. The van der Waals surface area contributed by atoms with Gasteiger partial charge in [-0.05, 0) is 26.2 Å². The second-order valence-electron chi connectivity index (χ2n) is 5.91. The Morgan fingerprint density at radius 3 is 2.89 bits per heavy atom. The summed E-state index contributed by atoms with van der Waals surface area (Å²) in [5.41, 5.74) is 0.397. The predicted molar refractivity (Wildman–Crippen MR) is 72.6 cm³/mol. The Hall–Kier alpha value is -0.940. The molecule has 1 aromatic heterocycles. The SMILES string of the molecule is CCOC1CC(NCc2nncn2C)C12CCCC2. The van der Waals surface area contributed by atoms with Gasteiger partial charge in [-0.3, -0.25) is 0 Å². The summed E-state index contributed by atoms with van der Waals surface area (Å²) in [5, 5.41) is 11.7. The molecule has 1 N–H and O–H groups in total. The van der Waals surface area contributed by atoms with E-state index in [0.717, 1.165) is 25.4 Å². The third-order valence-electron chi connectivity index (χ3n) is 5.00. The molecule has 0 aromatic carbocycles. The van der Waals surface area contributed by atoms with Crippen molar-refractivity contribution in [3.63, 3.8) is 0 Å². The zero-order valence-electron chi connectivity index (χ0n) is 11.9. The first kappa shape index (κ1) is 13.1. The summed E-state index contributed by atoms with van der Waals surface area (Å²) in [6.45, 7) is 3.74. The van der Waals surface area contributed by atoms with Crippen LogP contribution in [-0.2, 0) is 18.3 Å². The molecule has 0 saturated heterocycles. The van der Waals surface area contributed by atoms with Crippen molar-refractivity contribution in [3.05, 3.63) is 12.2 Å². The maximum absolute atomic E-state index is 5.93. The van der Waals surface area contributed by atoms with Crippen molar-refractivity contribution < 1.29 is 4.74 Å². The van der Waals surface area contributed by atoms with Crippen LogP contribution >= 0.6 is 0 Å². The lowest BCUT2D eigenvalue weighted by Crippen LogP contribution is -2.62. The van der Waals surface area contributed by atoms with Crippen LogP contribution in [0, 0.1) is 5.41 Å². The molecule has 2 atom stereocenters. The molecule has 106 valence electrons. The van der Waals surface area contributed by atoms with Crippen molar-refractivity contribution in [1.29, 1.82) is 0 Å². The first-order chi connectivity index (χ1) is 9.26. The summed E-state index contributed by atoms with van der Waals surface area (Å²) < 4.78 is 7.91. The minimum Gasteiger partial charge on any atom is -0.378 e. The Morgan fingerprint density at radius 2 is 2.26 bits per heavy atom. The first-order valence-electron chi connectivity index (χ1n) is 7.44. The Morgan fingerprint density at radius 1 is 1.47 bits per heavy atom. The van der Waals surface area contributed by atoms with Crippen LogP contribution in [0.1, 0.15) is 44.9 Å². The highest BCUT2D eigenvalue weighted by molar-refractivity contribution is 5.10. The maximum Gasteiger partial charge on any atom is 0.146 e. The third-order valence-corrected chi connectivity index (χ3v) is 5.00. The van der Waals surface area contributed by atoms with Gasteiger partial charge in [-0.1, -0.05) is 12.8 Å². The fraction of sp³-hybridized carbons (Fsp3) is 0.857. The molecule has 5 nitrogen and oxygen atoms in total. The van der Waals surface area contributed by atoms with Crippen LogP contribution in [0.15, 0.2) is 6.33 Å². The Bertz CT molecular complexity index is 425. The van der Waals surface area contributed by atoms with Gasteiger partial charge in [0.05, 0.1) is 12.6 Å². The first-order valence-corrected chi connectivity index (χ1v) is 7.44. The fourth-order valence-electron chi connectivity index (χ4n) is 3.85. The zero-order valence-corrected chi connectivity index (χ0v) is 11.9. The number of aryl methyl sites for hydroxylation is 1. The van der Waals surface area contributed by atoms with Crippen molar-refractivity contribution in [2.75, 3.05) is 6.61 Å². The third kappa shape index (κ3) is 2.19. The molecule has 2 fully saturated rings. The van der Waals surface area contributed by atoms with Crippen LogP contribution in [0.5, 0.6) is 0 Å². The van der Waals surface area contributed by atoms with Crippen LogP contribution in [0.25, 0.3) is 0 Å². The average Bonchev–Trinajstić information content (AvgIpc) is 3.03. The highest BCUT2D eigenvalue weighted by atomic mass is 16.5. The van der Waals surface area contributed by atoms with Crippen molar-refractivity contribution in [1.82, 2.24) is 20.1 Å². The molecule has 2 unspecified atom stereocenters. The summed E-state index contributed by atoms with van der Waals surface area (Å²) >= 11 is 0. The van der Waals surface area contributed by atoms with Gasteiger partial charge in [-0.2, -0.15) is 0 Å². The van der Waals surface area contributed by atoms with E-state index in [0.29, 0.717) is 17.6 Å². The topological polar surface area (TPSA) is 52.0 Å². The van der Waals surface area contributed by atoms with E-state index >= 15 is 0 Å². The number of aromatic nitrogens is 3. The van der Waals surface area contributed by atoms with E-state index in [1.807, 2.05) is 11.6 Å². The van der Waals surface area contributed by atoms with Crippen molar-refractivity contribution in [2.24, 2.45) is 12.5 Å². The van der Waals surface area contributed by atoms with E-state index in [1.165, 1.54) is 25.7 Å². The van der Waals surface area contributed by atoms with Gasteiger partial charge in [0.2, 0.25) is 0 Å². The number of hydrogen-bond donors (Lipinski definition) is 1. The molecule has 1 spiro atoms. The number of nitrogens with zero attached hydrogens (tertiary/aromatic N) is 3. The van der Waals surface area contributed by atoms with Gasteiger partial charge in [0.1, 0.15) is 12.2 Å². The molecule has 1 aromatic rings. The lowest BCUT2D eigenvalue weighted by molar-refractivity contribution is -0.130. The molecule has 0 aliphatic heterocycles. The molecule has 2 aliphatic rings. The maximum atomic E-state index is 5.93. The Balaban J connectivity index is 1.61. The molecule has 19 heavy (non-hydrogen) atoms. The number of rotatable bonds is 5. The largest absolute Gasteiger partial charge is 0.378 e. The monoisotopic (exact) mass is 264 g/mol. The van der Waals surface area contributed by atoms with E-state index < -0.39 is 0 Å².